The molecular weight excluding hydrogens is 436 g/mol. The number of hydrogen-bond donors (Lipinski definition) is 0. The van der Waals surface area contributed by atoms with Gasteiger partial charge in [-0.15, -0.1) is 0 Å². The van der Waals surface area contributed by atoms with E-state index in [-0.39, 0.29) is 0 Å². The third-order valence-corrected chi connectivity index (χ3v) is 7.35. The van der Waals surface area contributed by atoms with E-state index in [0.29, 0.717) is 5.92 Å². The highest BCUT2D eigenvalue weighted by Crippen LogP contribution is 2.37. The number of furan rings is 1. The maximum absolute atomic E-state index is 6.30. The second-order valence-corrected chi connectivity index (χ2v) is 10.1. The van der Waals surface area contributed by atoms with E-state index in [2.05, 4.69) is 131 Å². The van der Waals surface area contributed by atoms with Gasteiger partial charge >= 0.3 is 0 Å². The van der Waals surface area contributed by atoms with Crippen molar-refractivity contribution in [3.8, 4) is 33.4 Å². The highest BCUT2D eigenvalue weighted by molar-refractivity contribution is 6.07. The van der Waals surface area contributed by atoms with Crippen LogP contribution in [0.2, 0.25) is 0 Å². The maximum Gasteiger partial charge on any atom is 0.138 e. The molecule has 0 atom stereocenters. The molecule has 0 unspecified atom stereocenters. The Bertz CT molecular complexity index is 1730. The summed E-state index contributed by atoms with van der Waals surface area (Å²) in [6.07, 6.45) is 0. The molecule has 176 valence electrons. The molecule has 5 aromatic carbocycles. The summed E-state index contributed by atoms with van der Waals surface area (Å²) in [6, 6.07) is 37.3. The highest BCUT2D eigenvalue weighted by Gasteiger charge is 2.14. The third kappa shape index (κ3) is 3.82. The molecule has 0 amide bonds. The SMILES string of the molecule is Cc1ccccc1-c1cc(-c2cccc(-c3ccc4oc5c(C(C)C)cccc5c4c3)c2)ccc1C. The van der Waals surface area contributed by atoms with Crippen LogP contribution in [0.25, 0.3) is 55.3 Å². The van der Waals surface area contributed by atoms with Crippen molar-refractivity contribution < 1.29 is 4.42 Å². The lowest BCUT2D eigenvalue weighted by molar-refractivity contribution is 0.657. The zero-order valence-electron chi connectivity index (χ0n) is 21.3. The molecule has 1 heterocycles. The van der Waals surface area contributed by atoms with E-state index < -0.39 is 0 Å². The Morgan fingerprint density at radius 2 is 1.19 bits per heavy atom. The first-order valence-corrected chi connectivity index (χ1v) is 12.7. The van der Waals surface area contributed by atoms with Crippen LogP contribution in [-0.2, 0) is 0 Å². The molecule has 0 N–H and O–H groups in total. The molecule has 0 aliphatic heterocycles. The molecule has 36 heavy (non-hydrogen) atoms. The van der Waals surface area contributed by atoms with Crippen LogP contribution in [0.4, 0.5) is 0 Å². The number of fused-ring (bicyclic) bond motifs is 3. The smallest absolute Gasteiger partial charge is 0.138 e. The first-order valence-electron chi connectivity index (χ1n) is 12.7. The van der Waals surface area contributed by atoms with E-state index in [4.69, 9.17) is 4.42 Å². The summed E-state index contributed by atoms with van der Waals surface area (Å²) >= 11 is 0. The fourth-order valence-corrected chi connectivity index (χ4v) is 5.30. The van der Waals surface area contributed by atoms with Gasteiger partial charge in [0.15, 0.2) is 0 Å². The van der Waals surface area contributed by atoms with Gasteiger partial charge in [-0.1, -0.05) is 92.7 Å². The number of benzene rings is 5. The summed E-state index contributed by atoms with van der Waals surface area (Å²) in [5.74, 6) is 0.421. The zero-order valence-corrected chi connectivity index (χ0v) is 21.3. The van der Waals surface area contributed by atoms with Crippen LogP contribution < -0.4 is 0 Å². The number of aryl methyl sites for hydroxylation is 2. The molecule has 1 heteroatoms. The van der Waals surface area contributed by atoms with Gasteiger partial charge in [-0.3, -0.25) is 0 Å². The molecule has 0 saturated carbocycles. The molecule has 0 aliphatic rings. The summed E-state index contributed by atoms with van der Waals surface area (Å²) in [4.78, 5) is 0. The van der Waals surface area contributed by atoms with Crippen molar-refractivity contribution in [3.63, 3.8) is 0 Å². The Morgan fingerprint density at radius 1 is 0.528 bits per heavy atom. The first kappa shape index (κ1) is 22.4. The molecule has 0 aliphatic carbocycles. The van der Waals surface area contributed by atoms with Gasteiger partial charge < -0.3 is 4.42 Å². The van der Waals surface area contributed by atoms with Gasteiger partial charge in [0.1, 0.15) is 11.2 Å². The second-order valence-electron chi connectivity index (χ2n) is 10.1. The van der Waals surface area contributed by atoms with Crippen molar-refractivity contribution in [1.29, 1.82) is 0 Å². The van der Waals surface area contributed by atoms with E-state index in [1.54, 1.807) is 0 Å². The lowest BCUT2D eigenvalue weighted by Gasteiger charge is -2.13. The fraction of sp³-hybridized carbons (Fsp3) is 0.143. The zero-order chi connectivity index (χ0) is 24.8. The maximum atomic E-state index is 6.30. The van der Waals surface area contributed by atoms with Gasteiger partial charge in [0.05, 0.1) is 0 Å². The van der Waals surface area contributed by atoms with Gasteiger partial charge in [0.2, 0.25) is 0 Å². The summed E-state index contributed by atoms with van der Waals surface area (Å²) in [6.45, 7) is 8.81. The molecule has 1 nitrogen and oxygen atoms in total. The lowest BCUT2D eigenvalue weighted by Crippen LogP contribution is -1.89. The molecule has 0 fully saturated rings. The van der Waals surface area contributed by atoms with Crippen molar-refractivity contribution >= 4 is 21.9 Å². The van der Waals surface area contributed by atoms with Crippen LogP contribution in [-0.4, -0.2) is 0 Å². The molecule has 0 radical (unpaired) electrons. The van der Waals surface area contributed by atoms with E-state index in [9.17, 15) is 0 Å². The third-order valence-electron chi connectivity index (χ3n) is 7.35. The van der Waals surface area contributed by atoms with Crippen LogP contribution in [0, 0.1) is 13.8 Å². The minimum atomic E-state index is 0.421. The summed E-state index contributed by atoms with van der Waals surface area (Å²) in [5, 5.41) is 2.36. The van der Waals surface area contributed by atoms with Gasteiger partial charge in [-0.25, -0.2) is 0 Å². The number of hydrogen-bond acceptors (Lipinski definition) is 1. The monoisotopic (exact) mass is 466 g/mol. The summed E-state index contributed by atoms with van der Waals surface area (Å²) in [5.41, 5.74) is 13.3. The summed E-state index contributed by atoms with van der Waals surface area (Å²) in [7, 11) is 0. The Kier molecular flexibility index (Phi) is 5.49. The van der Waals surface area contributed by atoms with E-state index in [1.165, 1.54) is 60.8 Å². The van der Waals surface area contributed by atoms with Gasteiger partial charge in [0, 0.05) is 10.8 Å². The Morgan fingerprint density at radius 3 is 1.97 bits per heavy atom. The molecule has 0 spiro atoms. The molecular formula is C35H30O. The Labute approximate surface area is 213 Å². The van der Waals surface area contributed by atoms with Gasteiger partial charge in [-0.05, 0) is 94.1 Å². The lowest BCUT2D eigenvalue weighted by atomic mass is 9.92. The van der Waals surface area contributed by atoms with Crippen molar-refractivity contribution in [3.05, 3.63) is 120 Å². The molecule has 1 aromatic heterocycles. The van der Waals surface area contributed by atoms with E-state index >= 15 is 0 Å². The van der Waals surface area contributed by atoms with Crippen LogP contribution in [0.15, 0.2) is 108 Å². The molecule has 0 saturated heterocycles. The van der Waals surface area contributed by atoms with Crippen LogP contribution in [0.3, 0.4) is 0 Å². The summed E-state index contributed by atoms with van der Waals surface area (Å²) < 4.78 is 6.30. The molecule has 6 aromatic rings. The van der Waals surface area contributed by atoms with Crippen LogP contribution >= 0.6 is 0 Å². The topological polar surface area (TPSA) is 13.1 Å². The predicted octanol–water partition coefficient (Wildman–Crippen LogP) is 10.3. The average molecular weight is 467 g/mol. The van der Waals surface area contributed by atoms with Gasteiger partial charge in [0.25, 0.3) is 0 Å². The Balaban J connectivity index is 1.44. The minimum Gasteiger partial charge on any atom is -0.456 e. The van der Waals surface area contributed by atoms with Crippen molar-refractivity contribution in [2.45, 2.75) is 33.6 Å². The minimum absolute atomic E-state index is 0.421. The normalized spacial score (nSPS) is 11.6. The molecule has 6 rings (SSSR count). The first-order chi connectivity index (χ1) is 17.5. The van der Waals surface area contributed by atoms with E-state index in [1.807, 2.05) is 0 Å². The standard InChI is InChI=1S/C35H30O/c1-22(2)29-13-8-14-31-33-21-28(17-18-34(33)36-35(29)31)26-11-7-10-25(19-26)27-16-15-24(4)32(20-27)30-12-6-5-9-23(30)3/h5-22H,1-4H3. The number of rotatable bonds is 4. The van der Waals surface area contributed by atoms with Crippen molar-refractivity contribution in [2.75, 3.05) is 0 Å². The van der Waals surface area contributed by atoms with Crippen LogP contribution in [0.5, 0.6) is 0 Å². The van der Waals surface area contributed by atoms with Crippen molar-refractivity contribution in [1.82, 2.24) is 0 Å². The van der Waals surface area contributed by atoms with E-state index in [0.717, 1.165) is 11.2 Å². The Hall–Kier alpha value is -4.10. The van der Waals surface area contributed by atoms with Crippen LogP contribution in [0.1, 0.15) is 36.5 Å². The predicted molar refractivity (Wildman–Crippen MR) is 154 cm³/mol. The molecule has 0 bridgehead atoms. The quantitative estimate of drug-likeness (QED) is 0.252. The number of para-hydroxylation sites is 1. The average Bonchev–Trinajstić information content (AvgIpc) is 3.27. The second kappa shape index (κ2) is 8.84. The highest BCUT2D eigenvalue weighted by atomic mass is 16.3. The van der Waals surface area contributed by atoms with Crippen molar-refractivity contribution in [2.24, 2.45) is 0 Å². The largest absolute Gasteiger partial charge is 0.456 e. The van der Waals surface area contributed by atoms with Gasteiger partial charge in [-0.2, -0.15) is 0 Å². The fourth-order valence-electron chi connectivity index (χ4n) is 5.30.